The van der Waals surface area contributed by atoms with Crippen molar-refractivity contribution in [2.75, 3.05) is 13.1 Å². The molecule has 0 bridgehead atoms. The summed E-state index contributed by atoms with van der Waals surface area (Å²) < 4.78 is 0. The number of benzene rings is 1. The molecule has 2 rings (SSSR count). The summed E-state index contributed by atoms with van der Waals surface area (Å²) in [7, 11) is 0. The lowest BCUT2D eigenvalue weighted by atomic mass is 9.89. The average Bonchev–Trinajstić information content (AvgIpc) is 2.74. The van der Waals surface area contributed by atoms with Gasteiger partial charge in [0.15, 0.2) is 0 Å². The maximum absolute atomic E-state index is 11.5. The number of carboxylic acids is 1. The Balaban J connectivity index is 2.33. The molecule has 1 N–H and O–H groups in total. The van der Waals surface area contributed by atoms with Gasteiger partial charge >= 0.3 is 5.97 Å². The highest BCUT2D eigenvalue weighted by molar-refractivity contribution is 6.31. The summed E-state index contributed by atoms with van der Waals surface area (Å²) >= 11 is 6.22. The van der Waals surface area contributed by atoms with Crippen molar-refractivity contribution in [2.24, 2.45) is 5.92 Å². The molecule has 1 fully saturated rings. The zero-order valence-corrected chi connectivity index (χ0v) is 12.3. The maximum Gasteiger partial charge on any atom is 0.308 e. The predicted molar refractivity (Wildman–Crippen MR) is 76.6 cm³/mol. The molecule has 0 radical (unpaired) electrons. The van der Waals surface area contributed by atoms with Crippen LogP contribution in [0.4, 0.5) is 0 Å². The van der Waals surface area contributed by atoms with E-state index in [4.69, 9.17) is 11.6 Å². The minimum Gasteiger partial charge on any atom is -0.481 e. The molecule has 0 unspecified atom stereocenters. The number of halogens is 1. The zero-order chi connectivity index (χ0) is 14.2. The highest BCUT2D eigenvalue weighted by Crippen LogP contribution is 2.38. The van der Waals surface area contributed by atoms with Gasteiger partial charge in [-0.25, -0.2) is 0 Å². The van der Waals surface area contributed by atoms with E-state index in [9.17, 15) is 9.90 Å². The highest BCUT2D eigenvalue weighted by Gasteiger charge is 2.42. The first-order valence-electron chi connectivity index (χ1n) is 6.53. The van der Waals surface area contributed by atoms with E-state index in [2.05, 4.69) is 25.7 Å². The van der Waals surface area contributed by atoms with Crippen LogP contribution in [-0.4, -0.2) is 34.6 Å². The third-order valence-corrected chi connectivity index (χ3v) is 4.23. The largest absolute Gasteiger partial charge is 0.481 e. The van der Waals surface area contributed by atoms with Crippen LogP contribution in [0.25, 0.3) is 0 Å². The molecule has 1 aromatic rings. The van der Waals surface area contributed by atoms with Gasteiger partial charge in [-0.1, -0.05) is 29.8 Å². The van der Waals surface area contributed by atoms with E-state index in [1.807, 2.05) is 24.3 Å². The van der Waals surface area contributed by atoms with Crippen molar-refractivity contribution < 1.29 is 9.90 Å². The molecule has 1 saturated heterocycles. The Hall–Kier alpha value is -1.06. The standard InChI is InChI=1S/C15H20ClNO2/c1-15(2,3)17-8-11(12(9-17)14(18)19)10-6-4-5-7-13(10)16/h4-7,11-12H,8-9H2,1-3H3,(H,18,19)/t11-,12+/m0/s1. The van der Waals surface area contributed by atoms with Crippen molar-refractivity contribution in [1.82, 2.24) is 4.90 Å². The van der Waals surface area contributed by atoms with E-state index in [1.54, 1.807) is 0 Å². The van der Waals surface area contributed by atoms with Crippen molar-refractivity contribution in [2.45, 2.75) is 32.2 Å². The Kier molecular flexibility index (Phi) is 3.88. The highest BCUT2D eigenvalue weighted by atomic mass is 35.5. The molecule has 19 heavy (non-hydrogen) atoms. The molecule has 3 nitrogen and oxygen atoms in total. The van der Waals surface area contributed by atoms with Gasteiger partial charge in [0.1, 0.15) is 0 Å². The van der Waals surface area contributed by atoms with Gasteiger partial charge in [-0.15, -0.1) is 0 Å². The van der Waals surface area contributed by atoms with Crippen LogP contribution in [0.15, 0.2) is 24.3 Å². The van der Waals surface area contributed by atoms with Crippen molar-refractivity contribution in [3.05, 3.63) is 34.9 Å². The lowest BCUT2D eigenvalue weighted by molar-refractivity contribution is -0.141. The van der Waals surface area contributed by atoms with Gasteiger partial charge in [0.25, 0.3) is 0 Å². The fourth-order valence-corrected chi connectivity index (χ4v) is 2.97. The number of hydrogen-bond acceptors (Lipinski definition) is 2. The van der Waals surface area contributed by atoms with E-state index in [-0.39, 0.29) is 17.4 Å². The zero-order valence-electron chi connectivity index (χ0n) is 11.6. The molecule has 0 aromatic heterocycles. The molecule has 1 aliphatic heterocycles. The molecule has 0 aliphatic carbocycles. The van der Waals surface area contributed by atoms with Crippen molar-refractivity contribution >= 4 is 17.6 Å². The Bertz CT molecular complexity index is 481. The molecule has 0 amide bonds. The lowest BCUT2D eigenvalue weighted by Gasteiger charge is -2.31. The van der Waals surface area contributed by atoms with Crippen LogP contribution < -0.4 is 0 Å². The summed E-state index contributed by atoms with van der Waals surface area (Å²) in [6, 6.07) is 7.56. The Morgan fingerprint density at radius 1 is 1.32 bits per heavy atom. The van der Waals surface area contributed by atoms with Crippen LogP contribution in [0.1, 0.15) is 32.3 Å². The maximum atomic E-state index is 11.5. The summed E-state index contributed by atoms with van der Waals surface area (Å²) in [4.78, 5) is 13.7. The number of carbonyl (C=O) groups is 1. The monoisotopic (exact) mass is 281 g/mol. The minimum absolute atomic E-state index is 0.0241. The fourth-order valence-electron chi connectivity index (χ4n) is 2.69. The lowest BCUT2D eigenvalue weighted by Crippen LogP contribution is -2.40. The van der Waals surface area contributed by atoms with Crippen LogP contribution in [0.3, 0.4) is 0 Å². The molecule has 1 aromatic carbocycles. The second-order valence-corrected chi connectivity index (χ2v) is 6.56. The van der Waals surface area contributed by atoms with E-state index < -0.39 is 5.97 Å². The normalized spacial score (nSPS) is 24.6. The van der Waals surface area contributed by atoms with Gasteiger partial charge < -0.3 is 5.11 Å². The van der Waals surface area contributed by atoms with Crippen molar-refractivity contribution in [3.63, 3.8) is 0 Å². The van der Waals surface area contributed by atoms with Crippen LogP contribution in [0.2, 0.25) is 5.02 Å². The average molecular weight is 282 g/mol. The fraction of sp³-hybridized carbons (Fsp3) is 0.533. The quantitative estimate of drug-likeness (QED) is 0.905. The molecule has 2 atom stereocenters. The number of nitrogens with zero attached hydrogens (tertiary/aromatic N) is 1. The molecule has 0 saturated carbocycles. The van der Waals surface area contributed by atoms with Crippen LogP contribution in [-0.2, 0) is 4.79 Å². The predicted octanol–water partition coefficient (Wildman–Crippen LogP) is 3.24. The number of aliphatic carboxylic acids is 1. The van der Waals surface area contributed by atoms with E-state index in [0.29, 0.717) is 11.6 Å². The number of rotatable bonds is 2. The third-order valence-electron chi connectivity index (χ3n) is 3.89. The summed E-state index contributed by atoms with van der Waals surface area (Å²) in [6.45, 7) is 7.65. The molecule has 1 heterocycles. The smallest absolute Gasteiger partial charge is 0.308 e. The first-order chi connectivity index (χ1) is 8.80. The SMILES string of the molecule is CC(C)(C)N1C[C@@H](C(=O)O)[C@H](c2ccccc2Cl)C1. The molecular formula is C15H20ClNO2. The number of hydrogen-bond donors (Lipinski definition) is 1. The molecule has 104 valence electrons. The summed E-state index contributed by atoms with van der Waals surface area (Å²) in [5, 5.41) is 10.1. The first-order valence-corrected chi connectivity index (χ1v) is 6.91. The van der Waals surface area contributed by atoms with E-state index >= 15 is 0 Å². The van der Waals surface area contributed by atoms with Gasteiger partial charge in [-0.2, -0.15) is 0 Å². The Labute approximate surface area is 119 Å². The topological polar surface area (TPSA) is 40.5 Å². The van der Waals surface area contributed by atoms with Crippen molar-refractivity contribution in [3.8, 4) is 0 Å². The number of likely N-dealkylation sites (tertiary alicyclic amines) is 1. The Morgan fingerprint density at radius 3 is 2.47 bits per heavy atom. The van der Waals surface area contributed by atoms with Crippen LogP contribution in [0.5, 0.6) is 0 Å². The van der Waals surface area contributed by atoms with Crippen LogP contribution in [0, 0.1) is 5.92 Å². The van der Waals surface area contributed by atoms with Gasteiger partial charge in [0.2, 0.25) is 0 Å². The van der Waals surface area contributed by atoms with Gasteiger partial charge in [0, 0.05) is 29.6 Å². The van der Waals surface area contributed by atoms with Crippen LogP contribution >= 0.6 is 11.6 Å². The minimum atomic E-state index is -0.739. The third kappa shape index (κ3) is 2.93. The van der Waals surface area contributed by atoms with Gasteiger partial charge in [0.05, 0.1) is 5.92 Å². The second-order valence-electron chi connectivity index (χ2n) is 6.15. The Morgan fingerprint density at radius 2 is 1.95 bits per heavy atom. The summed E-state index contributed by atoms with van der Waals surface area (Å²) in [6.07, 6.45) is 0. The summed E-state index contributed by atoms with van der Waals surface area (Å²) in [5.74, 6) is -1.17. The van der Waals surface area contributed by atoms with E-state index in [1.165, 1.54) is 0 Å². The number of carboxylic acid groups (broad SMARTS) is 1. The van der Waals surface area contributed by atoms with Crippen molar-refractivity contribution in [1.29, 1.82) is 0 Å². The first kappa shape index (κ1) is 14.4. The molecule has 4 heteroatoms. The molecular weight excluding hydrogens is 262 g/mol. The summed E-state index contributed by atoms with van der Waals surface area (Å²) in [5.41, 5.74) is 0.923. The molecule has 1 aliphatic rings. The van der Waals surface area contributed by atoms with Gasteiger partial charge in [-0.05, 0) is 32.4 Å². The van der Waals surface area contributed by atoms with Gasteiger partial charge in [-0.3, -0.25) is 9.69 Å². The second kappa shape index (κ2) is 5.14. The van der Waals surface area contributed by atoms with E-state index in [0.717, 1.165) is 12.1 Å². The molecule has 0 spiro atoms.